The Bertz CT molecular complexity index is 398. The van der Waals surface area contributed by atoms with Crippen molar-refractivity contribution in [3.05, 3.63) is 35.9 Å². The normalized spacial score (nSPS) is 36.5. The topological polar surface area (TPSA) is 37.3 Å². The van der Waals surface area contributed by atoms with Gasteiger partial charge in [0.2, 0.25) is 0 Å². The fourth-order valence-corrected chi connectivity index (χ4v) is 3.80. The summed E-state index contributed by atoms with van der Waals surface area (Å²) in [7, 11) is 0. The van der Waals surface area contributed by atoms with Gasteiger partial charge in [0.15, 0.2) is 0 Å². The second-order valence-corrected chi connectivity index (χ2v) is 5.13. The Morgan fingerprint density at radius 1 is 1.12 bits per heavy atom. The number of carboxylic acid groups (broad SMARTS) is 1. The molecule has 2 bridgehead atoms. The Kier molecular flexibility index (Phi) is 2.23. The molecule has 16 heavy (non-hydrogen) atoms. The van der Waals surface area contributed by atoms with Crippen LogP contribution < -0.4 is 0 Å². The molecule has 0 unspecified atom stereocenters. The molecule has 2 aliphatic rings. The molecule has 1 aromatic rings. The zero-order valence-corrected chi connectivity index (χ0v) is 9.17. The van der Waals surface area contributed by atoms with Crippen LogP contribution in [0.2, 0.25) is 0 Å². The summed E-state index contributed by atoms with van der Waals surface area (Å²) in [6.07, 6.45) is 3.45. The Balaban J connectivity index is 1.97. The van der Waals surface area contributed by atoms with Crippen molar-refractivity contribution >= 4 is 5.97 Å². The number of aliphatic carboxylic acids is 1. The van der Waals surface area contributed by atoms with E-state index in [0.717, 1.165) is 12.8 Å². The van der Waals surface area contributed by atoms with Crippen molar-refractivity contribution in [2.45, 2.75) is 25.2 Å². The zero-order valence-electron chi connectivity index (χ0n) is 9.17. The first kappa shape index (κ1) is 9.88. The minimum absolute atomic E-state index is 0.138. The lowest BCUT2D eigenvalue weighted by molar-refractivity contribution is -0.144. The van der Waals surface area contributed by atoms with Gasteiger partial charge >= 0.3 is 5.97 Å². The van der Waals surface area contributed by atoms with Gasteiger partial charge in [-0.1, -0.05) is 30.3 Å². The van der Waals surface area contributed by atoms with Crippen molar-refractivity contribution in [1.29, 1.82) is 0 Å². The average molecular weight is 216 g/mol. The quantitative estimate of drug-likeness (QED) is 0.825. The summed E-state index contributed by atoms with van der Waals surface area (Å²) in [6.45, 7) is 0. The molecule has 0 spiro atoms. The highest BCUT2D eigenvalue weighted by molar-refractivity contribution is 5.72. The minimum atomic E-state index is -0.596. The Hall–Kier alpha value is -1.31. The van der Waals surface area contributed by atoms with E-state index in [1.54, 1.807) is 0 Å². The second-order valence-electron chi connectivity index (χ2n) is 5.13. The molecule has 2 aliphatic carbocycles. The maximum Gasteiger partial charge on any atom is 0.307 e. The van der Waals surface area contributed by atoms with Crippen molar-refractivity contribution in [1.82, 2.24) is 0 Å². The molecule has 1 N–H and O–H groups in total. The SMILES string of the molecule is O=C(O)[C@@H]1[C@H]2CC[C@H](C2)[C@@H]1c1ccccc1. The number of hydrogen-bond acceptors (Lipinski definition) is 1. The van der Waals surface area contributed by atoms with Crippen molar-refractivity contribution in [2.75, 3.05) is 0 Å². The van der Waals surface area contributed by atoms with Gasteiger partial charge in [-0.2, -0.15) is 0 Å². The first-order chi connectivity index (χ1) is 7.77. The van der Waals surface area contributed by atoms with Gasteiger partial charge in [-0.05, 0) is 36.7 Å². The highest BCUT2D eigenvalue weighted by atomic mass is 16.4. The number of hydrogen-bond donors (Lipinski definition) is 1. The Morgan fingerprint density at radius 2 is 1.81 bits per heavy atom. The molecule has 2 nitrogen and oxygen atoms in total. The van der Waals surface area contributed by atoms with E-state index in [-0.39, 0.29) is 11.8 Å². The van der Waals surface area contributed by atoms with Gasteiger partial charge in [-0.25, -0.2) is 0 Å². The van der Waals surface area contributed by atoms with Crippen molar-refractivity contribution in [2.24, 2.45) is 17.8 Å². The lowest BCUT2D eigenvalue weighted by Gasteiger charge is -2.28. The van der Waals surface area contributed by atoms with Crippen LogP contribution in [0.5, 0.6) is 0 Å². The van der Waals surface area contributed by atoms with E-state index in [0.29, 0.717) is 11.8 Å². The van der Waals surface area contributed by atoms with Gasteiger partial charge in [-0.3, -0.25) is 4.79 Å². The van der Waals surface area contributed by atoms with E-state index in [4.69, 9.17) is 0 Å². The van der Waals surface area contributed by atoms with E-state index in [1.807, 2.05) is 18.2 Å². The summed E-state index contributed by atoms with van der Waals surface area (Å²) >= 11 is 0. The molecule has 2 fully saturated rings. The standard InChI is InChI=1S/C14H16O2/c15-14(16)13-11-7-6-10(8-11)12(13)9-4-2-1-3-5-9/h1-5,10-13H,6-8H2,(H,15,16)/t10-,11+,12+,13-/m1/s1. The molecular formula is C14H16O2. The van der Waals surface area contributed by atoms with Gasteiger partial charge in [0.25, 0.3) is 0 Å². The van der Waals surface area contributed by atoms with E-state index >= 15 is 0 Å². The molecule has 1 aromatic carbocycles. The van der Waals surface area contributed by atoms with Crippen molar-refractivity contribution in [3.63, 3.8) is 0 Å². The predicted octanol–water partition coefficient (Wildman–Crippen LogP) is 2.90. The van der Waals surface area contributed by atoms with E-state index < -0.39 is 5.97 Å². The van der Waals surface area contributed by atoms with Gasteiger partial charge < -0.3 is 5.11 Å². The maximum absolute atomic E-state index is 11.4. The first-order valence-corrected chi connectivity index (χ1v) is 6.05. The summed E-state index contributed by atoms with van der Waals surface area (Å²) in [6, 6.07) is 10.2. The molecule has 0 saturated heterocycles. The molecule has 84 valence electrons. The molecule has 4 atom stereocenters. The van der Waals surface area contributed by atoms with Crippen LogP contribution in [0, 0.1) is 17.8 Å². The molecule has 2 saturated carbocycles. The molecule has 0 aromatic heterocycles. The second kappa shape index (κ2) is 3.62. The highest BCUT2D eigenvalue weighted by Gasteiger charge is 2.51. The smallest absolute Gasteiger partial charge is 0.307 e. The minimum Gasteiger partial charge on any atom is -0.481 e. The third kappa shape index (κ3) is 1.36. The highest BCUT2D eigenvalue weighted by Crippen LogP contribution is 2.56. The summed E-state index contributed by atoms with van der Waals surface area (Å²) in [5.41, 5.74) is 1.22. The Morgan fingerprint density at radius 3 is 2.50 bits per heavy atom. The molecule has 0 radical (unpaired) electrons. The number of carboxylic acids is 1. The lowest BCUT2D eigenvalue weighted by Crippen LogP contribution is -2.27. The average Bonchev–Trinajstić information content (AvgIpc) is 2.89. The summed E-state index contributed by atoms with van der Waals surface area (Å²) in [5.74, 6) is 0.556. The van der Waals surface area contributed by atoms with Crippen LogP contribution in [0.25, 0.3) is 0 Å². The summed E-state index contributed by atoms with van der Waals surface area (Å²) in [4.78, 5) is 11.4. The number of fused-ring (bicyclic) bond motifs is 2. The molecule has 3 rings (SSSR count). The van der Waals surface area contributed by atoms with Crippen LogP contribution in [0.1, 0.15) is 30.7 Å². The van der Waals surface area contributed by atoms with E-state index in [1.165, 1.54) is 12.0 Å². The van der Waals surface area contributed by atoms with Gasteiger partial charge in [0.05, 0.1) is 5.92 Å². The fourth-order valence-electron chi connectivity index (χ4n) is 3.80. The van der Waals surface area contributed by atoms with Crippen LogP contribution in [-0.2, 0) is 4.79 Å². The summed E-state index contributed by atoms with van der Waals surface area (Å²) in [5, 5.41) is 9.37. The lowest BCUT2D eigenvalue weighted by atomic mass is 9.75. The van der Waals surface area contributed by atoms with Crippen LogP contribution >= 0.6 is 0 Å². The molecule has 0 heterocycles. The molecule has 0 aliphatic heterocycles. The van der Waals surface area contributed by atoms with Gasteiger partial charge in [0, 0.05) is 5.92 Å². The third-order valence-electron chi connectivity index (χ3n) is 4.39. The van der Waals surface area contributed by atoms with Crippen LogP contribution in [0.4, 0.5) is 0 Å². The number of benzene rings is 1. The van der Waals surface area contributed by atoms with E-state index in [9.17, 15) is 9.90 Å². The van der Waals surface area contributed by atoms with Gasteiger partial charge in [-0.15, -0.1) is 0 Å². The van der Waals surface area contributed by atoms with Crippen LogP contribution in [0.15, 0.2) is 30.3 Å². The third-order valence-corrected chi connectivity index (χ3v) is 4.39. The predicted molar refractivity (Wildman–Crippen MR) is 61.1 cm³/mol. The fraction of sp³-hybridized carbons (Fsp3) is 0.500. The number of rotatable bonds is 2. The zero-order chi connectivity index (χ0) is 11.1. The van der Waals surface area contributed by atoms with E-state index in [2.05, 4.69) is 12.1 Å². The maximum atomic E-state index is 11.4. The molecule has 2 heteroatoms. The number of carbonyl (C=O) groups is 1. The van der Waals surface area contributed by atoms with Crippen LogP contribution in [-0.4, -0.2) is 11.1 Å². The van der Waals surface area contributed by atoms with Crippen LogP contribution in [0.3, 0.4) is 0 Å². The molecular weight excluding hydrogens is 200 g/mol. The monoisotopic (exact) mass is 216 g/mol. The Labute approximate surface area is 95.3 Å². The largest absolute Gasteiger partial charge is 0.481 e. The van der Waals surface area contributed by atoms with Crippen molar-refractivity contribution in [3.8, 4) is 0 Å². The first-order valence-electron chi connectivity index (χ1n) is 6.05. The van der Waals surface area contributed by atoms with Gasteiger partial charge in [0.1, 0.15) is 0 Å². The van der Waals surface area contributed by atoms with Crippen molar-refractivity contribution < 1.29 is 9.90 Å². The summed E-state index contributed by atoms with van der Waals surface area (Å²) < 4.78 is 0. The molecule has 0 amide bonds.